The Bertz CT molecular complexity index is 830. The fraction of sp³-hybridized carbons (Fsp3) is 0.556. The van der Waals surface area contributed by atoms with Crippen molar-refractivity contribution < 1.29 is 5.11 Å². The van der Waals surface area contributed by atoms with E-state index in [0.29, 0.717) is 18.3 Å². The normalized spacial score (nSPS) is 21.4. The van der Waals surface area contributed by atoms with Gasteiger partial charge in [0.05, 0.1) is 11.8 Å². The van der Waals surface area contributed by atoms with E-state index >= 15 is 0 Å². The van der Waals surface area contributed by atoms with Crippen LogP contribution in [-0.2, 0) is 0 Å². The van der Waals surface area contributed by atoms with E-state index in [9.17, 15) is 9.90 Å². The Morgan fingerprint density at radius 2 is 1.92 bits per heavy atom. The van der Waals surface area contributed by atoms with Crippen LogP contribution in [-0.4, -0.2) is 57.3 Å². The summed E-state index contributed by atoms with van der Waals surface area (Å²) in [4.78, 5) is 32.3. The molecule has 8 heteroatoms. The van der Waals surface area contributed by atoms with Crippen LogP contribution >= 0.6 is 0 Å². The molecule has 2 aromatic rings. The van der Waals surface area contributed by atoms with Crippen molar-refractivity contribution in [2.24, 2.45) is 0 Å². The Balaban J connectivity index is 1.44. The fourth-order valence-electron chi connectivity index (χ4n) is 3.80. The van der Waals surface area contributed by atoms with E-state index in [1.54, 1.807) is 12.3 Å². The summed E-state index contributed by atoms with van der Waals surface area (Å²) < 4.78 is 0. The summed E-state index contributed by atoms with van der Waals surface area (Å²) in [6.07, 6.45) is 4.15. The average Bonchev–Trinajstić information content (AvgIpc) is 3.08. The third kappa shape index (κ3) is 3.55. The molecule has 2 aliphatic rings. The van der Waals surface area contributed by atoms with Gasteiger partial charge in [0.25, 0.3) is 5.56 Å². The number of aromatic nitrogens is 4. The molecule has 2 fully saturated rings. The molecule has 0 bridgehead atoms. The van der Waals surface area contributed by atoms with Crippen LogP contribution in [0, 0.1) is 6.92 Å². The van der Waals surface area contributed by atoms with Crippen LogP contribution < -0.4 is 15.4 Å². The number of aliphatic hydroxyl groups is 1. The first kappa shape index (κ1) is 17.0. The Hall–Kier alpha value is -2.48. The molecule has 2 aromatic heterocycles. The first-order valence-electron chi connectivity index (χ1n) is 9.17. The number of piperidine rings is 1. The molecule has 2 N–H and O–H groups in total. The molecule has 0 radical (unpaired) electrons. The second kappa shape index (κ2) is 7.03. The maximum atomic E-state index is 11.7. The molecule has 4 rings (SSSR count). The van der Waals surface area contributed by atoms with Crippen molar-refractivity contribution in [3.8, 4) is 0 Å². The molecule has 0 aliphatic carbocycles. The van der Waals surface area contributed by atoms with Crippen LogP contribution in [0.1, 0.15) is 36.7 Å². The molecule has 26 heavy (non-hydrogen) atoms. The lowest BCUT2D eigenvalue weighted by Gasteiger charge is -2.32. The van der Waals surface area contributed by atoms with Crippen molar-refractivity contribution in [1.29, 1.82) is 0 Å². The Labute approximate surface area is 151 Å². The third-order valence-electron chi connectivity index (χ3n) is 5.19. The van der Waals surface area contributed by atoms with Gasteiger partial charge in [0, 0.05) is 44.4 Å². The van der Waals surface area contributed by atoms with Crippen molar-refractivity contribution in [1.82, 2.24) is 19.9 Å². The van der Waals surface area contributed by atoms with Crippen LogP contribution in [0.25, 0.3) is 0 Å². The SMILES string of the molecule is Cc1nc(C2CCN(c3nccc(N4CC[C@@H](O)C4)n3)CC2)cc(=O)[nH]1. The zero-order valence-corrected chi connectivity index (χ0v) is 14.9. The van der Waals surface area contributed by atoms with Gasteiger partial charge in [0.2, 0.25) is 5.95 Å². The van der Waals surface area contributed by atoms with E-state index in [2.05, 4.69) is 24.8 Å². The van der Waals surface area contributed by atoms with E-state index in [1.807, 2.05) is 13.0 Å². The molecule has 8 nitrogen and oxygen atoms in total. The number of aryl methyl sites for hydroxylation is 1. The lowest BCUT2D eigenvalue weighted by atomic mass is 9.93. The number of H-pyrrole nitrogens is 1. The monoisotopic (exact) mass is 356 g/mol. The number of nitrogens with one attached hydrogen (secondary N) is 1. The first-order valence-corrected chi connectivity index (χ1v) is 9.17. The molecular formula is C18H24N6O2. The summed E-state index contributed by atoms with van der Waals surface area (Å²) in [5, 5.41) is 9.73. The van der Waals surface area contributed by atoms with Gasteiger partial charge in [-0.15, -0.1) is 0 Å². The van der Waals surface area contributed by atoms with Crippen molar-refractivity contribution >= 4 is 11.8 Å². The smallest absolute Gasteiger partial charge is 0.251 e. The fourth-order valence-corrected chi connectivity index (χ4v) is 3.80. The van der Waals surface area contributed by atoms with Crippen LogP contribution in [0.15, 0.2) is 23.1 Å². The highest BCUT2D eigenvalue weighted by Gasteiger charge is 2.25. The highest BCUT2D eigenvalue weighted by atomic mass is 16.3. The van der Waals surface area contributed by atoms with Gasteiger partial charge in [-0.1, -0.05) is 0 Å². The average molecular weight is 356 g/mol. The Morgan fingerprint density at radius 1 is 1.15 bits per heavy atom. The van der Waals surface area contributed by atoms with Crippen molar-refractivity contribution in [3.63, 3.8) is 0 Å². The van der Waals surface area contributed by atoms with E-state index < -0.39 is 0 Å². The zero-order chi connectivity index (χ0) is 18.1. The molecule has 138 valence electrons. The van der Waals surface area contributed by atoms with E-state index in [-0.39, 0.29) is 11.7 Å². The summed E-state index contributed by atoms with van der Waals surface area (Å²) in [5.74, 6) is 2.57. The lowest BCUT2D eigenvalue weighted by Crippen LogP contribution is -2.35. The largest absolute Gasteiger partial charge is 0.391 e. The molecule has 0 amide bonds. The van der Waals surface area contributed by atoms with E-state index in [4.69, 9.17) is 4.98 Å². The molecule has 2 aliphatic heterocycles. The van der Waals surface area contributed by atoms with Gasteiger partial charge < -0.3 is 19.9 Å². The number of hydrogen-bond donors (Lipinski definition) is 2. The molecular weight excluding hydrogens is 332 g/mol. The minimum Gasteiger partial charge on any atom is -0.391 e. The van der Waals surface area contributed by atoms with Gasteiger partial charge in [-0.25, -0.2) is 9.97 Å². The lowest BCUT2D eigenvalue weighted by molar-refractivity contribution is 0.198. The Morgan fingerprint density at radius 3 is 2.62 bits per heavy atom. The van der Waals surface area contributed by atoms with Gasteiger partial charge >= 0.3 is 0 Å². The predicted molar refractivity (Wildman–Crippen MR) is 98.7 cm³/mol. The van der Waals surface area contributed by atoms with E-state index in [1.165, 1.54) is 0 Å². The predicted octanol–water partition coefficient (Wildman–Crippen LogP) is 0.823. The Kier molecular flexibility index (Phi) is 4.58. The van der Waals surface area contributed by atoms with Crippen LogP contribution in [0.5, 0.6) is 0 Å². The third-order valence-corrected chi connectivity index (χ3v) is 5.19. The molecule has 0 unspecified atom stereocenters. The van der Waals surface area contributed by atoms with Gasteiger partial charge in [0.15, 0.2) is 0 Å². The molecule has 0 spiro atoms. The van der Waals surface area contributed by atoms with Crippen LogP contribution in [0.4, 0.5) is 11.8 Å². The minimum absolute atomic E-state index is 0.0845. The maximum Gasteiger partial charge on any atom is 0.251 e. The van der Waals surface area contributed by atoms with E-state index in [0.717, 1.165) is 56.4 Å². The standard InChI is InChI=1S/C18H24N6O2/c1-12-20-15(10-17(26)21-12)13-3-7-23(8-4-13)18-19-6-2-16(22-18)24-9-5-14(25)11-24/h2,6,10,13-14,25H,3-5,7-9,11H2,1H3,(H,20,21,26)/t14-/m1/s1. The van der Waals surface area contributed by atoms with Crippen LogP contribution in [0.2, 0.25) is 0 Å². The number of β-amino-alcohol motifs (C(OH)–C–C–N with tert-alkyl or cyclic N) is 1. The van der Waals surface area contributed by atoms with Gasteiger partial charge in [-0.3, -0.25) is 4.79 Å². The maximum absolute atomic E-state index is 11.7. The zero-order valence-electron chi connectivity index (χ0n) is 14.9. The number of anilines is 2. The second-order valence-electron chi connectivity index (χ2n) is 7.12. The molecule has 4 heterocycles. The van der Waals surface area contributed by atoms with Gasteiger partial charge in [-0.2, -0.15) is 4.98 Å². The molecule has 2 saturated heterocycles. The van der Waals surface area contributed by atoms with Crippen molar-refractivity contribution in [2.45, 2.75) is 38.2 Å². The highest BCUT2D eigenvalue weighted by Crippen LogP contribution is 2.28. The van der Waals surface area contributed by atoms with Gasteiger partial charge in [-0.05, 0) is 32.3 Å². The number of aromatic amines is 1. The number of rotatable bonds is 3. The molecule has 0 saturated carbocycles. The summed E-state index contributed by atoms with van der Waals surface area (Å²) in [7, 11) is 0. The van der Waals surface area contributed by atoms with Crippen LogP contribution in [0.3, 0.4) is 0 Å². The number of nitrogens with zero attached hydrogens (tertiary/aromatic N) is 5. The minimum atomic E-state index is -0.269. The highest BCUT2D eigenvalue weighted by molar-refractivity contribution is 5.45. The summed E-state index contributed by atoms with van der Waals surface area (Å²) >= 11 is 0. The molecule has 0 aromatic carbocycles. The summed E-state index contributed by atoms with van der Waals surface area (Å²) in [5.41, 5.74) is 0.797. The number of aliphatic hydroxyl groups excluding tert-OH is 1. The summed E-state index contributed by atoms with van der Waals surface area (Å²) in [6.45, 7) is 4.95. The molecule has 1 atom stereocenters. The summed E-state index contributed by atoms with van der Waals surface area (Å²) in [6, 6.07) is 3.51. The second-order valence-corrected chi connectivity index (χ2v) is 7.12. The first-order chi connectivity index (χ1) is 12.6. The topological polar surface area (TPSA) is 98.2 Å². The number of hydrogen-bond acceptors (Lipinski definition) is 7. The van der Waals surface area contributed by atoms with Crippen molar-refractivity contribution in [3.05, 3.63) is 40.2 Å². The van der Waals surface area contributed by atoms with Crippen molar-refractivity contribution in [2.75, 3.05) is 36.0 Å². The van der Waals surface area contributed by atoms with Gasteiger partial charge in [0.1, 0.15) is 11.6 Å². The quantitative estimate of drug-likeness (QED) is 0.840.